The van der Waals surface area contributed by atoms with Crippen molar-refractivity contribution in [2.24, 2.45) is 0 Å². The summed E-state index contributed by atoms with van der Waals surface area (Å²) >= 11 is 0. The van der Waals surface area contributed by atoms with E-state index in [9.17, 15) is 13.9 Å². The molecule has 0 heterocycles. The summed E-state index contributed by atoms with van der Waals surface area (Å²) in [4.78, 5) is 0. The number of hydrogen-bond donors (Lipinski definition) is 1. The van der Waals surface area contributed by atoms with Gasteiger partial charge in [0, 0.05) is 5.56 Å². The van der Waals surface area contributed by atoms with Crippen LogP contribution in [0.25, 0.3) is 0 Å². The molecule has 1 atom stereocenters. The monoisotopic (exact) mass is 245 g/mol. The van der Waals surface area contributed by atoms with Crippen LogP contribution >= 0.6 is 0 Å². The van der Waals surface area contributed by atoms with Crippen LogP contribution in [-0.2, 0) is 0 Å². The maximum Gasteiger partial charge on any atom is 0.129 e. The Morgan fingerprint density at radius 2 is 1.89 bits per heavy atom. The Morgan fingerprint density at radius 1 is 1.11 bits per heavy atom. The Kier molecular flexibility index (Phi) is 3.35. The molecule has 1 N–H and O–H groups in total. The highest BCUT2D eigenvalue weighted by atomic mass is 19.1. The molecular formula is C14H9F2NO. The molecule has 0 radical (unpaired) electrons. The molecule has 0 aromatic heterocycles. The van der Waals surface area contributed by atoms with Gasteiger partial charge in [0.15, 0.2) is 0 Å². The van der Waals surface area contributed by atoms with Crippen molar-refractivity contribution in [1.29, 1.82) is 5.26 Å². The van der Waals surface area contributed by atoms with Crippen molar-refractivity contribution >= 4 is 0 Å². The van der Waals surface area contributed by atoms with Gasteiger partial charge in [0.25, 0.3) is 0 Å². The zero-order valence-corrected chi connectivity index (χ0v) is 9.27. The lowest BCUT2D eigenvalue weighted by molar-refractivity contribution is 0.214. The topological polar surface area (TPSA) is 44.0 Å². The third-order valence-electron chi connectivity index (χ3n) is 2.58. The molecule has 0 spiro atoms. The third kappa shape index (κ3) is 2.36. The van der Waals surface area contributed by atoms with Crippen LogP contribution in [0, 0.1) is 23.0 Å². The van der Waals surface area contributed by atoms with Gasteiger partial charge in [0.1, 0.15) is 17.7 Å². The first-order valence-corrected chi connectivity index (χ1v) is 5.25. The highest BCUT2D eigenvalue weighted by molar-refractivity contribution is 5.38. The normalized spacial score (nSPS) is 11.9. The number of hydrogen-bond acceptors (Lipinski definition) is 2. The summed E-state index contributed by atoms with van der Waals surface area (Å²) in [6.07, 6.45) is -1.30. The quantitative estimate of drug-likeness (QED) is 0.884. The van der Waals surface area contributed by atoms with Gasteiger partial charge in [-0.3, -0.25) is 0 Å². The summed E-state index contributed by atoms with van der Waals surface area (Å²) in [6, 6.07) is 10.8. The minimum Gasteiger partial charge on any atom is -0.384 e. The Balaban J connectivity index is 2.46. The van der Waals surface area contributed by atoms with E-state index in [-0.39, 0.29) is 16.7 Å². The maximum atomic E-state index is 13.6. The lowest BCUT2D eigenvalue weighted by Crippen LogP contribution is -2.03. The van der Waals surface area contributed by atoms with Gasteiger partial charge in [-0.05, 0) is 35.9 Å². The summed E-state index contributed by atoms with van der Waals surface area (Å²) in [5.41, 5.74) is 0.436. The van der Waals surface area contributed by atoms with Crippen molar-refractivity contribution < 1.29 is 13.9 Å². The van der Waals surface area contributed by atoms with Gasteiger partial charge in [-0.25, -0.2) is 8.78 Å². The van der Waals surface area contributed by atoms with Crippen LogP contribution in [0.3, 0.4) is 0 Å². The average Bonchev–Trinajstić information content (AvgIpc) is 2.38. The van der Waals surface area contributed by atoms with Gasteiger partial charge in [-0.1, -0.05) is 12.1 Å². The Morgan fingerprint density at radius 3 is 2.56 bits per heavy atom. The molecule has 0 aliphatic rings. The zero-order chi connectivity index (χ0) is 13.1. The van der Waals surface area contributed by atoms with Gasteiger partial charge in [-0.2, -0.15) is 5.26 Å². The second kappa shape index (κ2) is 4.94. The molecule has 0 fully saturated rings. The first kappa shape index (κ1) is 12.2. The molecule has 18 heavy (non-hydrogen) atoms. The van der Waals surface area contributed by atoms with Gasteiger partial charge < -0.3 is 5.11 Å². The van der Waals surface area contributed by atoms with E-state index in [2.05, 4.69) is 0 Å². The van der Waals surface area contributed by atoms with Crippen LogP contribution in [0.2, 0.25) is 0 Å². The zero-order valence-electron chi connectivity index (χ0n) is 9.27. The van der Waals surface area contributed by atoms with E-state index in [1.54, 1.807) is 0 Å². The summed E-state index contributed by atoms with van der Waals surface area (Å²) in [6.45, 7) is 0. The van der Waals surface area contributed by atoms with Crippen LogP contribution in [0.5, 0.6) is 0 Å². The van der Waals surface area contributed by atoms with Crippen molar-refractivity contribution in [3.8, 4) is 6.07 Å². The standard InChI is InChI=1S/C14H9F2NO/c15-11-3-1-2-10(7-11)14(18)12-6-9(8-17)4-5-13(12)16/h1-7,14,18H. The van der Waals surface area contributed by atoms with Crippen molar-refractivity contribution in [3.05, 3.63) is 70.8 Å². The lowest BCUT2D eigenvalue weighted by Gasteiger charge is -2.12. The van der Waals surface area contributed by atoms with Crippen molar-refractivity contribution in [2.45, 2.75) is 6.10 Å². The second-order valence-corrected chi connectivity index (χ2v) is 3.81. The predicted octanol–water partition coefficient (Wildman–Crippen LogP) is 2.92. The first-order chi connectivity index (χ1) is 8.61. The number of nitrogens with zero attached hydrogens (tertiary/aromatic N) is 1. The highest BCUT2D eigenvalue weighted by Gasteiger charge is 2.16. The SMILES string of the molecule is N#Cc1ccc(F)c(C(O)c2cccc(F)c2)c1. The molecule has 0 aliphatic heterocycles. The molecule has 1 unspecified atom stereocenters. The number of aliphatic hydroxyl groups excluding tert-OH is 1. The number of rotatable bonds is 2. The molecule has 90 valence electrons. The maximum absolute atomic E-state index is 13.6. The number of nitriles is 1. The minimum atomic E-state index is -1.30. The molecule has 0 saturated heterocycles. The van der Waals surface area contributed by atoms with Crippen molar-refractivity contribution in [3.63, 3.8) is 0 Å². The highest BCUT2D eigenvalue weighted by Crippen LogP contribution is 2.25. The summed E-state index contributed by atoms with van der Waals surface area (Å²) in [5.74, 6) is -1.14. The smallest absolute Gasteiger partial charge is 0.129 e. The number of benzene rings is 2. The van der Waals surface area contributed by atoms with Crippen LogP contribution in [0.1, 0.15) is 22.8 Å². The summed E-state index contributed by atoms with van der Waals surface area (Å²) in [7, 11) is 0. The van der Waals surface area contributed by atoms with Gasteiger partial charge >= 0.3 is 0 Å². The van der Waals surface area contributed by atoms with Crippen LogP contribution < -0.4 is 0 Å². The molecule has 4 heteroatoms. The molecule has 2 aromatic rings. The van der Waals surface area contributed by atoms with E-state index in [4.69, 9.17) is 5.26 Å². The van der Waals surface area contributed by atoms with E-state index < -0.39 is 17.7 Å². The fraction of sp³-hybridized carbons (Fsp3) is 0.0714. The van der Waals surface area contributed by atoms with E-state index >= 15 is 0 Å². The first-order valence-electron chi connectivity index (χ1n) is 5.25. The molecule has 0 amide bonds. The van der Waals surface area contributed by atoms with Crippen LogP contribution in [-0.4, -0.2) is 5.11 Å². The molecule has 0 aliphatic carbocycles. The number of aliphatic hydroxyl groups is 1. The molecule has 2 rings (SSSR count). The average molecular weight is 245 g/mol. The fourth-order valence-corrected chi connectivity index (χ4v) is 1.68. The van der Waals surface area contributed by atoms with E-state index in [1.165, 1.54) is 30.3 Å². The van der Waals surface area contributed by atoms with E-state index in [1.807, 2.05) is 6.07 Å². The number of halogens is 2. The summed E-state index contributed by atoms with van der Waals surface area (Å²) in [5, 5.41) is 18.7. The van der Waals surface area contributed by atoms with Crippen molar-refractivity contribution in [2.75, 3.05) is 0 Å². The van der Waals surface area contributed by atoms with Crippen molar-refractivity contribution in [1.82, 2.24) is 0 Å². The molecular weight excluding hydrogens is 236 g/mol. The van der Waals surface area contributed by atoms with Crippen LogP contribution in [0.15, 0.2) is 42.5 Å². The minimum absolute atomic E-state index is 0.0420. The Labute approximate surface area is 103 Å². The lowest BCUT2D eigenvalue weighted by atomic mass is 9.99. The largest absolute Gasteiger partial charge is 0.384 e. The molecule has 2 nitrogen and oxygen atoms in total. The van der Waals surface area contributed by atoms with E-state index in [0.29, 0.717) is 0 Å². The van der Waals surface area contributed by atoms with Gasteiger partial charge in [0.2, 0.25) is 0 Å². The molecule has 0 saturated carbocycles. The van der Waals surface area contributed by atoms with Gasteiger partial charge in [0.05, 0.1) is 11.6 Å². The second-order valence-electron chi connectivity index (χ2n) is 3.81. The molecule has 2 aromatic carbocycles. The van der Waals surface area contributed by atoms with Crippen LogP contribution in [0.4, 0.5) is 8.78 Å². The Hall–Kier alpha value is -2.25. The fourth-order valence-electron chi connectivity index (χ4n) is 1.68. The molecule has 0 bridgehead atoms. The van der Waals surface area contributed by atoms with E-state index in [0.717, 1.165) is 12.1 Å². The predicted molar refractivity (Wildman–Crippen MR) is 61.6 cm³/mol. The van der Waals surface area contributed by atoms with Gasteiger partial charge in [-0.15, -0.1) is 0 Å². The third-order valence-corrected chi connectivity index (χ3v) is 2.58. The Bertz CT molecular complexity index is 619. The summed E-state index contributed by atoms with van der Waals surface area (Å²) < 4.78 is 26.6.